The summed E-state index contributed by atoms with van der Waals surface area (Å²) in [5.74, 6) is 0.901. The van der Waals surface area contributed by atoms with E-state index in [1.807, 2.05) is 13.8 Å². The van der Waals surface area contributed by atoms with Crippen LogP contribution in [0.2, 0.25) is 0 Å². The SMILES string of the molecule is CCC(C)N(C)C(=O)c1ccc(CN)o1. The molecule has 0 radical (unpaired) electrons. The largest absolute Gasteiger partial charge is 0.455 e. The van der Waals surface area contributed by atoms with E-state index in [0.29, 0.717) is 18.1 Å². The van der Waals surface area contributed by atoms with Crippen LogP contribution in [0.15, 0.2) is 16.5 Å². The van der Waals surface area contributed by atoms with Crippen LogP contribution in [-0.4, -0.2) is 23.9 Å². The molecule has 84 valence electrons. The Bertz CT molecular complexity index is 333. The molecule has 0 aromatic carbocycles. The number of furan rings is 1. The molecule has 1 amide bonds. The first kappa shape index (κ1) is 11.8. The number of hydrogen-bond acceptors (Lipinski definition) is 3. The summed E-state index contributed by atoms with van der Waals surface area (Å²) in [4.78, 5) is 13.5. The standard InChI is InChI=1S/C11H18N2O2/c1-4-8(2)13(3)11(14)10-6-5-9(7-12)15-10/h5-6,8H,4,7,12H2,1-3H3. The number of carbonyl (C=O) groups is 1. The van der Waals surface area contributed by atoms with Crippen molar-refractivity contribution in [3.63, 3.8) is 0 Å². The van der Waals surface area contributed by atoms with Gasteiger partial charge in [-0.3, -0.25) is 4.79 Å². The first-order valence-corrected chi connectivity index (χ1v) is 5.16. The van der Waals surface area contributed by atoms with Crippen LogP contribution >= 0.6 is 0 Å². The maximum atomic E-state index is 11.9. The molecular weight excluding hydrogens is 192 g/mol. The highest BCUT2D eigenvalue weighted by atomic mass is 16.4. The lowest BCUT2D eigenvalue weighted by Crippen LogP contribution is -2.34. The van der Waals surface area contributed by atoms with Crippen LogP contribution in [0.3, 0.4) is 0 Å². The highest BCUT2D eigenvalue weighted by Gasteiger charge is 2.18. The van der Waals surface area contributed by atoms with Crippen molar-refractivity contribution < 1.29 is 9.21 Å². The molecule has 1 heterocycles. The van der Waals surface area contributed by atoms with E-state index in [0.717, 1.165) is 6.42 Å². The third-order valence-electron chi connectivity index (χ3n) is 2.65. The zero-order valence-corrected chi connectivity index (χ0v) is 9.49. The predicted molar refractivity (Wildman–Crippen MR) is 58.4 cm³/mol. The third kappa shape index (κ3) is 2.59. The minimum Gasteiger partial charge on any atom is -0.455 e. The van der Waals surface area contributed by atoms with E-state index in [2.05, 4.69) is 0 Å². The maximum Gasteiger partial charge on any atom is 0.289 e. The Hall–Kier alpha value is -1.29. The number of nitrogens with two attached hydrogens (primary N) is 1. The Balaban J connectivity index is 2.75. The quantitative estimate of drug-likeness (QED) is 0.821. The summed E-state index contributed by atoms with van der Waals surface area (Å²) in [6, 6.07) is 3.62. The Labute approximate surface area is 90.0 Å². The molecule has 1 rings (SSSR count). The lowest BCUT2D eigenvalue weighted by atomic mass is 10.2. The summed E-state index contributed by atoms with van der Waals surface area (Å²) < 4.78 is 5.29. The average Bonchev–Trinajstić information content (AvgIpc) is 2.74. The second-order valence-electron chi connectivity index (χ2n) is 3.64. The number of amides is 1. The number of nitrogens with zero attached hydrogens (tertiary/aromatic N) is 1. The van der Waals surface area contributed by atoms with Gasteiger partial charge in [-0.1, -0.05) is 6.92 Å². The van der Waals surface area contributed by atoms with Crippen molar-refractivity contribution in [2.24, 2.45) is 5.73 Å². The molecule has 0 saturated carbocycles. The molecule has 0 aliphatic rings. The first-order chi connectivity index (χ1) is 7.10. The fourth-order valence-corrected chi connectivity index (χ4v) is 1.25. The fraction of sp³-hybridized carbons (Fsp3) is 0.545. The summed E-state index contributed by atoms with van der Waals surface area (Å²) in [6.07, 6.45) is 0.923. The molecule has 0 fully saturated rings. The molecule has 1 unspecified atom stereocenters. The molecule has 4 heteroatoms. The van der Waals surface area contributed by atoms with Crippen molar-refractivity contribution in [3.8, 4) is 0 Å². The second-order valence-corrected chi connectivity index (χ2v) is 3.64. The van der Waals surface area contributed by atoms with Gasteiger partial charge in [-0.25, -0.2) is 0 Å². The fourth-order valence-electron chi connectivity index (χ4n) is 1.25. The zero-order chi connectivity index (χ0) is 11.4. The van der Waals surface area contributed by atoms with Gasteiger partial charge >= 0.3 is 0 Å². The first-order valence-electron chi connectivity index (χ1n) is 5.16. The predicted octanol–water partition coefficient (Wildman–Crippen LogP) is 1.61. The van der Waals surface area contributed by atoms with E-state index in [-0.39, 0.29) is 11.9 Å². The van der Waals surface area contributed by atoms with Crippen molar-refractivity contribution in [3.05, 3.63) is 23.7 Å². The molecule has 1 atom stereocenters. The van der Waals surface area contributed by atoms with E-state index in [1.54, 1.807) is 24.1 Å². The highest BCUT2D eigenvalue weighted by molar-refractivity contribution is 5.91. The second kappa shape index (κ2) is 4.98. The molecule has 0 aliphatic carbocycles. The molecule has 0 aliphatic heterocycles. The molecule has 15 heavy (non-hydrogen) atoms. The van der Waals surface area contributed by atoms with Crippen LogP contribution in [0.5, 0.6) is 0 Å². The van der Waals surface area contributed by atoms with Gasteiger partial charge in [0.15, 0.2) is 5.76 Å². The van der Waals surface area contributed by atoms with Gasteiger partial charge in [-0.15, -0.1) is 0 Å². The van der Waals surface area contributed by atoms with E-state index >= 15 is 0 Å². The van der Waals surface area contributed by atoms with Crippen LogP contribution in [-0.2, 0) is 6.54 Å². The van der Waals surface area contributed by atoms with Crippen LogP contribution in [0.1, 0.15) is 36.6 Å². The highest BCUT2D eigenvalue weighted by Crippen LogP contribution is 2.12. The van der Waals surface area contributed by atoms with Crippen molar-refractivity contribution in [1.29, 1.82) is 0 Å². The summed E-state index contributed by atoms with van der Waals surface area (Å²) in [5, 5.41) is 0. The summed E-state index contributed by atoms with van der Waals surface area (Å²) in [5.41, 5.74) is 5.41. The van der Waals surface area contributed by atoms with Gasteiger partial charge < -0.3 is 15.1 Å². The van der Waals surface area contributed by atoms with E-state index in [4.69, 9.17) is 10.2 Å². The molecule has 0 saturated heterocycles. The van der Waals surface area contributed by atoms with Crippen LogP contribution in [0.4, 0.5) is 0 Å². The molecule has 4 nitrogen and oxygen atoms in total. The topological polar surface area (TPSA) is 59.5 Å². The van der Waals surface area contributed by atoms with Gasteiger partial charge in [0.2, 0.25) is 0 Å². The lowest BCUT2D eigenvalue weighted by Gasteiger charge is -2.22. The lowest BCUT2D eigenvalue weighted by molar-refractivity contribution is 0.0706. The van der Waals surface area contributed by atoms with E-state index < -0.39 is 0 Å². The average molecular weight is 210 g/mol. The Morgan fingerprint density at radius 2 is 2.27 bits per heavy atom. The molecule has 2 N–H and O–H groups in total. The van der Waals surface area contributed by atoms with Gasteiger partial charge in [0.25, 0.3) is 5.91 Å². The molecule has 1 aromatic heterocycles. The van der Waals surface area contributed by atoms with Crippen molar-refractivity contribution in [1.82, 2.24) is 4.90 Å². The molecular formula is C11H18N2O2. The molecule has 1 aromatic rings. The van der Waals surface area contributed by atoms with Crippen molar-refractivity contribution in [2.75, 3.05) is 7.05 Å². The van der Waals surface area contributed by atoms with Crippen molar-refractivity contribution in [2.45, 2.75) is 32.9 Å². The Kier molecular flexibility index (Phi) is 3.91. The number of carbonyl (C=O) groups excluding carboxylic acids is 1. The van der Waals surface area contributed by atoms with E-state index in [1.165, 1.54) is 0 Å². The minimum atomic E-state index is -0.0935. The third-order valence-corrected chi connectivity index (χ3v) is 2.65. The van der Waals surface area contributed by atoms with Gasteiger partial charge in [0, 0.05) is 13.1 Å². The van der Waals surface area contributed by atoms with Crippen molar-refractivity contribution >= 4 is 5.91 Å². The summed E-state index contributed by atoms with van der Waals surface area (Å²) in [7, 11) is 1.78. The van der Waals surface area contributed by atoms with Crippen LogP contribution in [0, 0.1) is 0 Å². The normalized spacial score (nSPS) is 12.5. The Morgan fingerprint density at radius 3 is 2.73 bits per heavy atom. The molecule has 0 bridgehead atoms. The zero-order valence-electron chi connectivity index (χ0n) is 9.49. The van der Waals surface area contributed by atoms with Gasteiger partial charge in [-0.05, 0) is 25.5 Å². The van der Waals surface area contributed by atoms with Gasteiger partial charge in [0.05, 0.1) is 6.54 Å². The summed E-state index contributed by atoms with van der Waals surface area (Å²) in [6.45, 7) is 4.37. The molecule has 0 spiro atoms. The summed E-state index contributed by atoms with van der Waals surface area (Å²) >= 11 is 0. The van der Waals surface area contributed by atoms with Crippen LogP contribution in [0.25, 0.3) is 0 Å². The Morgan fingerprint density at radius 1 is 1.60 bits per heavy atom. The van der Waals surface area contributed by atoms with Gasteiger partial charge in [0.1, 0.15) is 5.76 Å². The van der Waals surface area contributed by atoms with Crippen LogP contribution < -0.4 is 5.73 Å². The van der Waals surface area contributed by atoms with Gasteiger partial charge in [-0.2, -0.15) is 0 Å². The number of rotatable bonds is 4. The van der Waals surface area contributed by atoms with E-state index in [9.17, 15) is 4.79 Å². The monoisotopic (exact) mass is 210 g/mol. The maximum absolute atomic E-state index is 11.9. The number of hydrogen-bond donors (Lipinski definition) is 1. The smallest absolute Gasteiger partial charge is 0.289 e. The minimum absolute atomic E-state index is 0.0935.